The smallest absolute Gasteiger partial charge is 0.321 e. The molecule has 0 bridgehead atoms. The van der Waals surface area contributed by atoms with Gasteiger partial charge in [0.05, 0.1) is 7.11 Å². The number of anilines is 1. The number of aliphatic hydroxyl groups is 1. The summed E-state index contributed by atoms with van der Waals surface area (Å²) in [7, 11) is 1.17. The number of hydrogen-bond donors (Lipinski definition) is 2. The van der Waals surface area contributed by atoms with Crippen LogP contribution < -0.4 is 10.1 Å². The summed E-state index contributed by atoms with van der Waals surface area (Å²) in [5, 5.41) is 11.3. The highest BCUT2D eigenvalue weighted by Gasteiger charge is 2.16. The number of rotatable bonds is 8. The standard InChI is InChI=1S/C15H22F2N2O3/c1-3-4-6-19(7-5-8-20)15(21)18-11-9-12(16)14(22-2)13(17)10-11/h9-10,20H,3-8H2,1-2H3,(H,18,21). The van der Waals surface area contributed by atoms with E-state index in [2.05, 4.69) is 10.1 Å². The number of amides is 2. The number of aliphatic hydroxyl groups excluding tert-OH is 1. The Kier molecular flexibility index (Phi) is 7.59. The average Bonchev–Trinajstić information content (AvgIpc) is 2.47. The molecule has 0 aliphatic heterocycles. The van der Waals surface area contributed by atoms with Gasteiger partial charge in [0.2, 0.25) is 0 Å². The van der Waals surface area contributed by atoms with Crippen molar-refractivity contribution in [2.45, 2.75) is 26.2 Å². The van der Waals surface area contributed by atoms with Crippen molar-refractivity contribution in [1.29, 1.82) is 0 Å². The molecule has 5 nitrogen and oxygen atoms in total. The summed E-state index contributed by atoms with van der Waals surface area (Å²) in [4.78, 5) is 13.7. The van der Waals surface area contributed by atoms with E-state index in [0.717, 1.165) is 25.0 Å². The van der Waals surface area contributed by atoms with Gasteiger partial charge in [-0.25, -0.2) is 13.6 Å². The quantitative estimate of drug-likeness (QED) is 0.775. The minimum Gasteiger partial charge on any atom is -0.491 e. The van der Waals surface area contributed by atoms with E-state index in [0.29, 0.717) is 19.5 Å². The van der Waals surface area contributed by atoms with Crippen molar-refractivity contribution >= 4 is 11.7 Å². The highest BCUT2D eigenvalue weighted by Crippen LogP contribution is 2.25. The van der Waals surface area contributed by atoms with Gasteiger partial charge in [0.25, 0.3) is 0 Å². The molecule has 0 fully saturated rings. The number of nitrogens with zero attached hydrogens (tertiary/aromatic N) is 1. The Hall–Kier alpha value is -1.89. The Bertz CT molecular complexity index is 467. The van der Waals surface area contributed by atoms with Crippen LogP contribution in [0.5, 0.6) is 5.75 Å². The lowest BCUT2D eigenvalue weighted by atomic mass is 10.2. The van der Waals surface area contributed by atoms with Crippen molar-refractivity contribution in [3.05, 3.63) is 23.8 Å². The van der Waals surface area contributed by atoms with Gasteiger partial charge in [0.15, 0.2) is 17.4 Å². The molecule has 22 heavy (non-hydrogen) atoms. The summed E-state index contributed by atoms with van der Waals surface area (Å²) < 4.78 is 31.8. The molecule has 1 aromatic carbocycles. The lowest BCUT2D eigenvalue weighted by Gasteiger charge is -2.22. The maximum absolute atomic E-state index is 13.6. The number of unbranched alkanes of at least 4 members (excludes halogenated alkanes) is 1. The van der Waals surface area contributed by atoms with E-state index in [9.17, 15) is 13.6 Å². The lowest BCUT2D eigenvalue weighted by Crippen LogP contribution is -2.36. The molecular formula is C15H22F2N2O3. The lowest BCUT2D eigenvalue weighted by molar-refractivity contribution is 0.201. The number of carbonyl (C=O) groups is 1. The Balaban J connectivity index is 2.79. The SMILES string of the molecule is CCCCN(CCCO)C(=O)Nc1cc(F)c(OC)c(F)c1. The van der Waals surface area contributed by atoms with Crippen molar-refractivity contribution < 1.29 is 23.4 Å². The fraction of sp³-hybridized carbons (Fsp3) is 0.533. The molecule has 0 unspecified atom stereocenters. The predicted molar refractivity (Wildman–Crippen MR) is 80.1 cm³/mol. The molecule has 0 aromatic heterocycles. The second kappa shape index (κ2) is 9.19. The first-order chi connectivity index (χ1) is 10.5. The van der Waals surface area contributed by atoms with Gasteiger partial charge >= 0.3 is 6.03 Å². The minimum absolute atomic E-state index is 0.0197. The third-order valence-corrected chi connectivity index (χ3v) is 3.11. The monoisotopic (exact) mass is 316 g/mol. The van der Waals surface area contributed by atoms with E-state index in [4.69, 9.17) is 5.11 Å². The molecule has 0 saturated heterocycles. The molecule has 0 heterocycles. The Morgan fingerprint density at radius 1 is 1.27 bits per heavy atom. The van der Waals surface area contributed by atoms with Crippen molar-refractivity contribution in [2.24, 2.45) is 0 Å². The zero-order chi connectivity index (χ0) is 16.5. The molecule has 124 valence electrons. The molecule has 0 aliphatic rings. The summed E-state index contributed by atoms with van der Waals surface area (Å²) in [6.07, 6.45) is 2.17. The highest BCUT2D eigenvalue weighted by molar-refractivity contribution is 5.89. The summed E-state index contributed by atoms with van der Waals surface area (Å²) in [6, 6.07) is 1.55. The third-order valence-electron chi connectivity index (χ3n) is 3.11. The first-order valence-corrected chi connectivity index (χ1v) is 7.23. The van der Waals surface area contributed by atoms with E-state index in [1.54, 1.807) is 0 Å². The predicted octanol–water partition coefficient (Wildman–Crippen LogP) is 2.99. The molecule has 0 radical (unpaired) electrons. The number of halogens is 2. The van der Waals surface area contributed by atoms with Crippen molar-refractivity contribution in [3.8, 4) is 5.75 Å². The zero-order valence-electron chi connectivity index (χ0n) is 12.9. The fourth-order valence-electron chi connectivity index (χ4n) is 1.96. The van der Waals surface area contributed by atoms with Crippen molar-refractivity contribution in [3.63, 3.8) is 0 Å². The second-order valence-electron chi connectivity index (χ2n) is 4.82. The Labute approximate surface area is 128 Å². The molecule has 0 atom stereocenters. The first kappa shape index (κ1) is 18.2. The van der Waals surface area contributed by atoms with Crippen LogP contribution in [0.2, 0.25) is 0 Å². The van der Waals surface area contributed by atoms with Crippen molar-refractivity contribution in [2.75, 3.05) is 32.1 Å². The number of urea groups is 1. The van der Waals surface area contributed by atoms with E-state index >= 15 is 0 Å². The van der Waals surface area contributed by atoms with Crippen LogP contribution in [-0.2, 0) is 0 Å². The van der Waals surface area contributed by atoms with Gasteiger partial charge in [-0.3, -0.25) is 0 Å². The van der Waals surface area contributed by atoms with Gasteiger partial charge < -0.3 is 20.1 Å². The maximum Gasteiger partial charge on any atom is 0.321 e. The van der Waals surface area contributed by atoms with Gasteiger partial charge in [-0.05, 0) is 12.8 Å². The normalized spacial score (nSPS) is 10.4. The van der Waals surface area contributed by atoms with Gasteiger partial charge in [0.1, 0.15) is 0 Å². The molecular weight excluding hydrogens is 294 g/mol. The molecule has 0 saturated carbocycles. The highest BCUT2D eigenvalue weighted by atomic mass is 19.1. The summed E-state index contributed by atoms with van der Waals surface area (Å²) in [5.74, 6) is -2.25. The largest absolute Gasteiger partial charge is 0.491 e. The van der Waals surface area contributed by atoms with E-state index in [1.807, 2.05) is 6.92 Å². The zero-order valence-corrected chi connectivity index (χ0v) is 12.9. The number of ether oxygens (including phenoxy) is 1. The summed E-state index contributed by atoms with van der Waals surface area (Å²) in [5.41, 5.74) is 0.0197. The topological polar surface area (TPSA) is 61.8 Å². The number of nitrogens with one attached hydrogen (secondary N) is 1. The van der Waals surface area contributed by atoms with E-state index in [-0.39, 0.29) is 12.3 Å². The van der Waals surface area contributed by atoms with Gasteiger partial charge in [-0.1, -0.05) is 13.3 Å². The summed E-state index contributed by atoms with van der Waals surface area (Å²) in [6.45, 7) is 2.87. The van der Waals surface area contributed by atoms with E-state index in [1.165, 1.54) is 12.0 Å². The molecule has 2 amide bonds. The number of methoxy groups -OCH3 is 1. The molecule has 0 aliphatic carbocycles. The van der Waals surface area contributed by atoms with Gasteiger partial charge in [-0.15, -0.1) is 0 Å². The number of benzene rings is 1. The van der Waals surface area contributed by atoms with Crippen LogP contribution in [0.1, 0.15) is 26.2 Å². The van der Waals surface area contributed by atoms with Crippen LogP contribution in [0.3, 0.4) is 0 Å². The van der Waals surface area contributed by atoms with Crippen molar-refractivity contribution in [1.82, 2.24) is 4.90 Å². The molecule has 2 N–H and O–H groups in total. The molecule has 1 rings (SSSR count). The van der Waals surface area contributed by atoms with Crippen LogP contribution in [0.4, 0.5) is 19.3 Å². The minimum atomic E-state index is -0.881. The second-order valence-corrected chi connectivity index (χ2v) is 4.82. The Morgan fingerprint density at radius 3 is 2.36 bits per heavy atom. The van der Waals surface area contributed by atoms with Gasteiger partial charge in [0, 0.05) is 37.5 Å². The van der Waals surface area contributed by atoms with Crippen LogP contribution >= 0.6 is 0 Å². The fourth-order valence-corrected chi connectivity index (χ4v) is 1.96. The van der Waals surface area contributed by atoms with Crippen LogP contribution in [0, 0.1) is 11.6 Å². The number of carbonyl (C=O) groups excluding carboxylic acids is 1. The number of hydrogen-bond acceptors (Lipinski definition) is 3. The average molecular weight is 316 g/mol. The van der Waals surface area contributed by atoms with Crippen LogP contribution in [-0.4, -0.2) is 42.8 Å². The van der Waals surface area contributed by atoms with E-state index < -0.39 is 23.4 Å². The molecule has 1 aromatic rings. The van der Waals surface area contributed by atoms with Crippen LogP contribution in [0.25, 0.3) is 0 Å². The Morgan fingerprint density at radius 2 is 1.86 bits per heavy atom. The summed E-state index contributed by atoms with van der Waals surface area (Å²) >= 11 is 0. The first-order valence-electron chi connectivity index (χ1n) is 7.23. The molecule has 0 spiro atoms. The van der Waals surface area contributed by atoms with Gasteiger partial charge in [-0.2, -0.15) is 0 Å². The maximum atomic E-state index is 13.6. The third kappa shape index (κ3) is 5.14. The van der Waals surface area contributed by atoms with Crippen LogP contribution in [0.15, 0.2) is 12.1 Å². The molecule has 7 heteroatoms.